The largest absolute Gasteiger partial charge is 0.288 e. The van der Waals surface area contributed by atoms with Crippen LogP contribution >= 0.6 is 92.8 Å². The van der Waals surface area contributed by atoms with Gasteiger partial charge >= 0.3 is 0 Å². The lowest BCUT2D eigenvalue weighted by Gasteiger charge is -2.12. The summed E-state index contributed by atoms with van der Waals surface area (Å²) in [5.41, 5.74) is 0.620. The van der Waals surface area contributed by atoms with Crippen molar-refractivity contribution < 1.29 is 4.79 Å². The van der Waals surface area contributed by atoms with Gasteiger partial charge in [-0.05, 0) is 0 Å². The second-order valence-electron chi connectivity index (χ2n) is 4.34. The average molecular weight is 456 g/mol. The van der Waals surface area contributed by atoms with Gasteiger partial charge in [0.15, 0.2) is 5.78 Å². The molecule has 0 fully saturated rings. The van der Waals surface area contributed by atoms with E-state index in [1.807, 2.05) is 0 Å². The molecule has 1 nitrogen and oxygen atoms in total. The molecule has 0 heterocycles. The highest BCUT2D eigenvalue weighted by Crippen LogP contribution is 2.56. The van der Waals surface area contributed by atoms with Crippen molar-refractivity contribution >= 4 is 98.6 Å². The van der Waals surface area contributed by atoms with Crippen LogP contribution < -0.4 is 0 Å². The molecule has 0 saturated heterocycles. The van der Waals surface area contributed by atoms with E-state index in [0.29, 0.717) is 0 Å². The molecule has 1 aliphatic carbocycles. The first-order valence-electron chi connectivity index (χ1n) is 5.47. The Bertz CT molecular complexity index is 816. The number of benzene rings is 2. The molecule has 0 aromatic heterocycles. The molecular weight excluding hydrogens is 456 g/mol. The molecule has 0 bridgehead atoms. The molecule has 0 unspecified atom stereocenters. The van der Waals surface area contributed by atoms with Crippen molar-refractivity contribution in [3.63, 3.8) is 0 Å². The smallest absolute Gasteiger partial charge is 0.197 e. The third-order valence-corrected chi connectivity index (χ3v) is 6.84. The Morgan fingerprint density at radius 2 is 0.591 bits per heavy atom. The summed E-state index contributed by atoms with van der Waals surface area (Å²) >= 11 is 48.8. The minimum Gasteiger partial charge on any atom is -0.288 e. The number of ketones is 1. The van der Waals surface area contributed by atoms with Crippen LogP contribution in [0.15, 0.2) is 0 Å². The van der Waals surface area contributed by atoms with Crippen molar-refractivity contribution in [1.29, 1.82) is 0 Å². The summed E-state index contributed by atoms with van der Waals surface area (Å²) in [5, 5.41) is -0.0466. The summed E-state index contributed by atoms with van der Waals surface area (Å²) in [6.45, 7) is 0. The maximum absolute atomic E-state index is 12.7. The predicted molar refractivity (Wildman–Crippen MR) is 95.4 cm³/mol. The topological polar surface area (TPSA) is 17.1 Å². The highest BCUT2D eigenvalue weighted by atomic mass is 35.5. The Kier molecular flexibility index (Phi) is 4.51. The van der Waals surface area contributed by atoms with E-state index in [9.17, 15) is 4.79 Å². The number of rotatable bonds is 0. The lowest BCUT2D eigenvalue weighted by Crippen LogP contribution is -1.99. The van der Waals surface area contributed by atoms with Crippen molar-refractivity contribution in [3.05, 3.63) is 51.3 Å². The third-order valence-electron chi connectivity index (χ3n) is 3.24. The van der Waals surface area contributed by atoms with Crippen molar-refractivity contribution in [1.82, 2.24) is 0 Å². The summed E-state index contributed by atoms with van der Waals surface area (Å²) in [6.07, 6.45) is 0. The van der Waals surface area contributed by atoms with Crippen molar-refractivity contribution in [2.75, 3.05) is 0 Å². The minimum absolute atomic E-state index is 0.00555. The molecule has 114 valence electrons. The van der Waals surface area contributed by atoms with Gasteiger partial charge in [-0.25, -0.2) is 0 Å². The fraction of sp³-hybridized carbons (Fsp3) is 0. The van der Waals surface area contributed by atoms with Crippen molar-refractivity contribution in [2.24, 2.45) is 0 Å². The maximum Gasteiger partial charge on any atom is 0.197 e. The van der Waals surface area contributed by atoms with Crippen LogP contribution in [0.1, 0.15) is 15.9 Å². The van der Waals surface area contributed by atoms with E-state index in [-0.39, 0.29) is 62.4 Å². The van der Waals surface area contributed by atoms with Crippen LogP contribution in [-0.4, -0.2) is 5.78 Å². The summed E-state index contributed by atoms with van der Waals surface area (Å²) < 4.78 is 0. The zero-order valence-corrected chi connectivity index (χ0v) is 16.0. The fourth-order valence-electron chi connectivity index (χ4n) is 2.28. The van der Waals surface area contributed by atoms with E-state index < -0.39 is 5.78 Å². The van der Waals surface area contributed by atoms with E-state index in [1.54, 1.807) is 0 Å². The average Bonchev–Trinajstić information content (AvgIpc) is 2.80. The van der Waals surface area contributed by atoms with Gasteiger partial charge in [-0.3, -0.25) is 4.79 Å². The van der Waals surface area contributed by atoms with Gasteiger partial charge in [-0.2, -0.15) is 0 Å². The number of carbonyl (C=O) groups is 1. The van der Waals surface area contributed by atoms with Crippen LogP contribution in [0.2, 0.25) is 40.2 Å². The molecule has 0 amide bonds. The molecule has 0 radical (unpaired) electrons. The van der Waals surface area contributed by atoms with E-state index >= 15 is 0 Å². The Hall–Kier alpha value is 0.430. The molecule has 2 aromatic carbocycles. The first kappa shape index (κ1) is 17.3. The third kappa shape index (κ3) is 2.11. The summed E-state index contributed by atoms with van der Waals surface area (Å²) in [6, 6.07) is 0. The minimum atomic E-state index is -0.499. The molecule has 0 saturated carbocycles. The number of halogens is 8. The molecule has 0 N–H and O–H groups in total. The standard InChI is InChI=1S/C13Cl8O/c14-5-1-2-4(8(17)12(21)10(19)6(2)15)13(22)3(1)7(16)11(20)9(5)18. The van der Waals surface area contributed by atoms with Gasteiger partial charge < -0.3 is 0 Å². The number of hydrogen-bond donors (Lipinski definition) is 0. The zero-order valence-electron chi connectivity index (χ0n) is 9.93. The van der Waals surface area contributed by atoms with Crippen LogP contribution in [0.4, 0.5) is 0 Å². The second-order valence-corrected chi connectivity index (χ2v) is 7.36. The monoisotopic (exact) mass is 452 g/mol. The quantitative estimate of drug-likeness (QED) is 0.247. The van der Waals surface area contributed by atoms with Gasteiger partial charge in [0.2, 0.25) is 0 Å². The molecule has 0 aliphatic heterocycles. The highest BCUT2D eigenvalue weighted by Gasteiger charge is 2.39. The first-order valence-corrected chi connectivity index (χ1v) is 8.49. The van der Waals surface area contributed by atoms with Gasteiger partial charge in [0.25, 0.3) is 0 Å². The molecule has 22 heavy (non-hydrogen) atoms. The van der Waals surface area contributed by atoms with Crippen LogP contribution in [0, 0.1) is 0 Å². The zero-order chi connectivity index (χ0) is 16.5. The highest BCUT2D eigenvalue weighted by molar-refractivity contribution is 6.59. The molecule has 2 aromatic rings. The number of hydrogen-bond acceptors (Lipinski definition) is 1. The second kappa shape index (κ2) is 5.75. The van der Waals surface area contributed by atoms with Crippen LogP contribution in [0.3, 0.4) is 0 Å². The normalized spacial score (nSPS) is 12.6. The Morgan fingerprint density at radius 3 is 0.864 bits per heavy atom. The molecular formula is C13Cl8O. The molecule has 3 rings (SSSR count). The molecule has 1 aliphatic rings. The van der Waals surface area contributed by atoms with Gasteiger partial charge in [0.1, 0.15) is 0 Å². The molecule has 0 atom stereocenters. The van der Waals surface area contributed by atoms with Crippen LogP contribution in [-0.2, 0) is 0 Å². The van der Waals surface area contributed by atoms with Gasteiger partial charge in [0.05, 0.1) is 51.3 Å². The van der Waals surface area contributed by atoms with Gasteiger partial charge in [0, 0.05) is 11.1 Å². The lowest BCUT2D eigenvalue weighted by molar-refractivity contribution is 0.104. The number of fused-ring (bicyclic) bond motifs is 3. The Morgan fingerprint density at radius 1 is 0.364 bits per heavy atom. The number of carbonyl (C=O) groups excluding carboxylic acids is 1. The van der Waals surface area contributed by atoms with Crippen LogP contribution in [0.5, 0.6) is 0 Å². The van der Waals surface area contributed by atoms with Crippen molar-refractivity contribution in [3.8, 4) is 11.1 Å². The maximum atomic E-state index is 12.7. The Balaban J connectivity index is 2.59. The summed E-state index contributed by atoms with van der Waals surface area (Å²) in [7, 11) is 0. The van der Waals surface area contributed by atoms with E-state index in [1.165, 1.54) is 0 Å². The van der Waals surface area contributed by atoms with E-state index in [2.05, 4.69) is 0 Å². The van der Waals surface area contributed by atoms with Gasteiger partial charge in [-0.1, -0.05) is 92.8 Å². The molecule has 9 heteroatoms. The SMILES string of the molecule is O=C1c2c(Cl)c(Cl)c(Cl)c(Cl)c2-c2c(Cl)c(Cl)c(Cl)c(Cl)c21. The van der Waals surface area contributed by atoms with E-state index in [4.69, 9.17) is 92.8 Å². The summed E-state index contributed by atoms with van der Waals surface area (Å²) in [5.74, 6) is -0.499. The summed E-state index contributed by atoms with van der Waals surface area (Å²) in [4.78, 5) is 12.7. The van der Waals surface area contributed by atoms with E-state index in [0.717, 1.165) is 0 Å². The Labute approximate surface area is 164 Å². The van der Waals surface area contributed by atoms with Gasteiger partial charge in [-0.15, -0.1) is 0 Å². The first-order chi connectivity index (χ1) is 10.2. The molecule has 0 spiro atoms. The fourth-order valence-corrected chi connectivity index (χ4v) is 4.35. The van der Waals surface area contributed by atoms with Crippen molar-refractivity contribution in [2.45, 2.75) is 0 Å². The predicted octanol–water partition coefficient (Wildman–Crippen LogP) is 8.13. The van der Waals surface area contributed by atoms with Crippen LogP contribution in [0.25, 0.3) is 11.1 Å². The lowest BCUT2D eigenvalue weighted by atomic mass is 10.1.